The summed E-state index contributed by atoms with van der Waals surface area (Å²) in [7, 11) is -4.40. The van der Waals surface area contributed by atoms with Gasteiger partial charge in [0.15, 0.2) is 0 Å². The number of sulfone groups is 1. The maximum atomic E-state index is 14.9. The summed E-state index contributed by atoms with van der Waals surface area (Å²) in [6.07, 6.45) is 1.23. The van der Waals surface area contributed by atoms with Crippen LogP contribution in [0.2, 0.25) is 0 Å². The van der Waals surface area contributed by atoms with Gasteiger partial charge in [-0.05, 0) is 54.8 Å². The van der Waals surface area contributed by atoms with Crippen LogP contribution in [0.3, 0.4) is 0 Å². The van der Waals surface area contributed by atoms with Gasteiger partial charge in [-0.3, -0.25) is 9.59 Å². The molecule has 0 heterocycles. The molecule has 9 nitrogen and oxygen atoms in total. The quantitative estimate of drug-likeness (QED) is 0.305. The Hall–Kier alpha value is -4.46. The van der Waals surface area contributed by atoms with E-state index >= 15 is 0 Å². The molecule has 0 spiro atoms. The van der Waals surface area contributed by atoms with Crippen LogP contribution in [-0.4, -0.2) is 50.0 Å². The van der Waals surface area contributed by atoms with Gasteiger partial charge in [-0.1, -0.05) is 24.6 Å². The van der Waals surface area contributed by atoms with Crippen LogP contribution in [-0.2, 0) is 14.6 Å². The van der Waals surface area contributed by atoms with Crippen LogP contribution in [0, 0.1) is 11.7 Å². The summed E-state index contributed by atoms with van der Waals surface area (Å²) in [6, 6.07) is 10.7. The summed E-state index contributed by atoms with van der Waals surface area (Å²) in [5.74, 6) is -4.25. The minimum atomic E-state index is -5.63. The van der Waals surface area contributed by atoms with E-state index in [9.17, 15) is 45.5 Å². The summed E-state index contributed by atoms with van der Waals surface area (Å²) in [4.78, 5) is 36.7. The highest BCUT2D eigenvalue weighted by atomic mass is 32.2. The van der Waals surface area contributed by atoms with Crippen LogP contribution in [0.4, 0.5) is 23.2 Å². The van der Waals surface area contributed by atoms with E-state index in [-0.39, 0.29) is 33.7 Å². The van der Waals surface area contributed by atoms with E-state index in [0.29, 0.717) is 25.3 Å². The van der Waals surface area contributed by atoms with Crippen LogP contribution in [0.1, 0.15) is 40.0 Å². The molecule has 0 saturated heterocycles. The Morgan fingerprint density at radius 3 is 2.38 bits per heavy atom. The molecular formula is C28H24F4N2O7S. The van der Waals surface area contributed by atoms with Gasteiger partial charge in [0.05, 0.1) is 29.1 Å². The van der Waals surface area contributed by atoms with Crippen molar-refractivity contribution in [2.24, 2.45) is 5.92 Å². The average Bonchev–Trinajstić information content (AvgIpc) is 3.40. The number of anilines is 1. The number of hydrogen-bond acceptors (Lipinski definition) is 6. The molecule has 3 N–H and O–H groups in total. The van der Waals surface area contributed by atoms with E-state index in [1.54, 1.807) is 0 Å². The van der Waals surface area contributed by atoms with E-state index < -0.39 is 55.8 Å². The number of alkyl halides is 3. The Morgan fingerprint density at radius 2 is 1.71 bits per heavy atom. The first-order valence-corrected chi connectivity index (χ1v) is 14.0. The molecule has 3 aromatic carbocycles. The number of ether oxygens (including phenoxy) is 1. The molecule has 1 aliphatic rings. The van der Waals surface area contributed by atoms with Crippen molar-refractivity contribution in [1.82, 2.24) is 5.32 Å². The van der Waals surface area contributed by atoms with E-state index in [4.69, 9.17) is 4.74 Å². The standard InChI is InChI=1S/C28H24F4N2O7S/c1-41-24-14-22(29)20(15-5-2-6-16(11-15)27(37)38)13-21(24)26(36)34-23-10-4-9-19(23)25(35)33-17-7-3-8-18(12-17)42(39,40)28(30,31)32/h2-3,5-8,11-14,19,23H,4,9-10H2,1H3,(H,33,35)(H,34,36)(H,37,38)/t19-,23+/m1/s1. The minimum Gasteiger partial charge on any atom is -0.496 e. The molecule has 0 radical (unpaired) electrons. The second-order valence-corrected chi connectivity index (χ2v) is 11.4. The fourth-order valence-electron chi connectivity index (χ4n) is 4.74. The van der Waals surface area contributed by atoms with Gasteiger partial charge in [-0.2, -0.15) is 13.2 Å². The van der Waals surface area contributed by atoms with Gasteiger partial charge in [-0.15, -0.1) is 0 Å². The van der Waals surface area contributed by atoms with Crippen molar-refractivity contribution in [3.8, 4) is 16.9 Å². The zero-order chi connectivity index (χ0) is 30.8. The summed E-state index contributed by atoms with van der Waals surface area (Å²) >= 11 is 0. The number of carbonyl (C=O) groups is 3. The lowest BCUT2D eigenvalue weighted by molar-refractivity contribution is -0.120. The number of amides is 2. The third-order valence-corrected chi connectivity index (χ3v) is 8.32. The van der Waals surface area contributed by atoms with Crippen molar-refractivity contribution in [2.45, 2.75) is 35.7 Å². The average molecular weight is 609 g/mol. The summed E-state index contributed by atoms with van der Waals surface area (Å²) in [5.41, 5.74) is -5.71. The first-order chi connectivity index (χ1) is 19.7. The lowest BCUT2D eigenvalue weighted by atomic mass is 9.98. The number of halogens is 4. The molecule has 0 aliphatic heterocycles. The highest BCUT2D eigenvalue weighted by Gasteiger charge is 2.47. The molecule has 1 fully saturated rings. The normalized spacial score (nSPS) is 17.0. The fraction of sp³-hybridized carbons (Fsp3) is 0.250. The molecule has 2 atom stereocenters. The van der Waals surface area contributed by atoms with E-state index in [1.165, 1.54) is 43.5 Å². The van der Waals surface area contributed by atoms with Crippen molar-refractivity contribution < 1.29 is 50.2 Å². The van der Waals surface area contributed by atoms with Crippen LogP contribution >= 0.6 is 0 Å². The third-order valence-electron chi connectivity index (χ3n) is 6.84. The number of carboxylic acids is 1. The van der Waals surface area contributed by atoms with Crippen LogP contribution in [0.25, 0.3) is 11.1 Å². The smallest absolute Gasteiger partial charge is 0.496 e. The van der Waals surface area contributed by atoms with Gasteiger partial charge in [0.2, 0.25) is 5.91 Å². The van der Waals surface area contributed by atoms with Crippen LogP contribution < -0.4 is 15.4 Å². The maximum Gasteiger partial charge on any atom is 0.501 e. The molecular weight excluding hydrogens is 584 g/mol. The molecule has 1 aliphatic carbocycles. The molecule has 222 valence electrons. The molecule has 0 bridgehead atoms. The second-order valence-electron chi connectivity index (χ2n) is 9.50. The van der Waals surface area contributed by atoms with Crippen molar-refractivity contribution in [3.63, 3.8) is 0 Å². The first-order valence-electron chi connectivity index (χ1n) is 12.5. The molecule has 3 aromatic rings. The number of rotatable bonds is 8. The SMILES string of the molecule is COc1cc(F)c(-c2cccc(C(=O)O)c2)cc1C(=O)N[C@H]1CCC[C@H]1C(=O)Nc1cccc(S(=O)(=O)C(F)(F)F)c1. The highest BCUT2D eigenvalue weighted by Crippen LogP contribution is 2.34. The van der Waals surface area contributed by atoms with Gasteiger partial charge in [0.25, 0.3) is 15.7 Å². The maximum absolute atomic E-state index is 14.9. The number of carboxylic acid groups (broad SMARTS) is 1. The molecule has 4 rings (SSSR count). The Morgan fingerprint density at radius 1 is 1.00 bits per heavy atom. The Bertz CT molecular complexity index is 1660. The first kappa shape index (κ1) is 30.5. The fourth-order valence-corrected chi connectivity index (χ4v) is 5.55. The zero-order valence-corrected chi connectivity index (χ0v) is 22.7. The molecule has 0 unspecified atom stereocenters. The van der Waals surface area contributed by atoms with Gasteiger partial charge < -0.3 is 20.5 Å². The number of aromatic carboxylic acids is 1. The number of benzene rings is 3. The lowest BCUT2D eigenvalue weighted by Gasteiger charge is -2.22. The largest absolute Gasteiger partial charge is 0.501 e. The lowest BCUT2D eigenvalue weighted by Crippen LogP contribution is -2.42. The predicted octanol–water partition coefficient (Wildman–Crippen LogP) is 5.03. The zero-order valence-electron chi connectivity index (χ0n) is 21.9. The predicted molar refractivity (Wildman–Crippen MR) is 142 cm³/mol. The number of carbonyl (C=O) groups excluding carboxylic acids is 2. The Labute approximate surface area is 237 Å². The summed E-state index contributed by atoms with van der Waals surface area (Å²) in [6.45, 7) is 0. The van der Waals surface area contributed by atoms with Crippen LogP contribution in [0.5, 0.6) is 5.75 Å². The monoisotopic (exact) mass is 608 g/mol. The van der Waals surface area contributed by atoms with E-state index in [1.807, 2.05) is 0 Å². The Balaban J connectivity index is 1.55. The second kappa shape index (κ2) is 11.8. The van der Waals surface area contributed by atoms with Gasteiger partial charge in [-0.25, -0.2) is 17.6 Å². The van der Waals surface area contributed by atoms with Crippen molar-refractivity contribution in [3.05, 3.63) is 77.6 Å². The minimum absolute atomic E-state index is 0.0570. The summed E-state index contributed by atoms with van der Waals surface area (Å²) in [5, 5.41) is 14.4. The summed E-state index contributed by atoms with van der Waals surface area (Å²) < 4.78 is 82.5. The number of methoxy groups -OCH3 is 1. The van der Waals surface area contributed by atoms with E-state index in [0.717, 1.165) is 18.2 Å². The van der Waals surface area contributed by atoms with Crippen molar-refractivity contribution >= 4 is 33.3 Å². The van der Waals surface area contributed by atoms with Crippen molar-refractivity contribution in [2.75, 3.05) is 12.4 Å². The number of hydrogen-bond donors (Lipinski definition) is 3. The highest BCUT2D eigenvalue weighted by molar-refractivity contribution is 7.92. The molecule has 2 amide bonds. The van der Waals surface area contributed by atoms with Crippen LogP contribution in [0.15, 0.2) is 65.6 Å². The van der Waals surface area contributed by atoms with Gasteiger partial charge >= 0.3 is 11.5 Å². The third kappa shape index (κ3) is 6.22. The number of nitrogens with one attached hydrogen (secondary N) is 2. The molecule has 1 saturated carbocycles. The Kier molecular flexibility index (Phi) is 8.57. The van der Waals surface area contributed by atoms with E-state index in [2.05, 4.69) is 10.6 Å². The molecule has 42 heavy (non-hydrogen) atoms. The van der Waals surface area contributed by atoms with Gasteiger partial charge in [0.1, 0.15) is 11.6 Å². The molecule has 0 aromatic heterocycles. The topological polar surface area (TPSA) is 139 Å². The van der Waals surface area contributed by atoms with Gasteiger partial charge in [0, 0.05) is 23.4 Å². The van der Waals surface area contributed by atoms with Crippen molar-refractivity contribution in [1.29, 1.82) is 0 Å². The molecule has 14 heteroatoms.